The number of thiophene rings is 1. The Morgan fingerprint density at radius 1 is 1.43 bits per heavy atom. The monoisotopic (exact) mass is 303 g/mol. The molecule has 21 heavy (non-hydrogen) atoms. The summed E-state index contributed by atoms with van der Waals surface area (Å²) >= 11 is 1.38. The molecule has 1 heterocycles. The van der Waals surface area contributed by atoms with Crippen molar-refractivity contribution in [3.63, 3.8) is 0 Å². The molecule has 0 fully saturated rings. The van der Waals surface area contributed by atoms with Crippen molar-refractivity contribution in [2.45, 2.75) is 13.3 Å². The van der Waals surface area contributed by atoms with Gasteiger partial charge in [-0.15, -0.1) is 11.3 Å². The maximum absolute atomic E-state index is 13.5. The van der Waals surface area contributed by atoms with Crippen LogP contribution in [0.5, 0.6) is 0 Å². The standard InChI is InChI=1S/C16H14FNO2S/c1-2-11-7-9-21-15(11)16(20)18-13-5-6-14(17)12(10-13)4-3-8-19/h5-7,9-10,19H,2,8H2,1H3,(H,18,20). The first kappa shape index (κ1) is 15.2. The van der Waals surface area contributed by atoms with Gasteiger partial charge in [-0.1, -0.05) is 18.8 Å². The molecule has 0 aliphatic heterocycles. The van der Waals surface area contributed by atoms with Gasteiger partial charge in [-0.25, -0.2) is 4.39 Å². The molecule has 0 atom stereocenters. The van der Waals surface area contributed by atoms with Crippen molar-refractivity contribution < 1.29 is 14.3 Å². The van der Waals surface area contributed by atoms with Crippen molar-refractivity contribution in [3.8, 4) is 11.8 Å². The minimum Gasteiger partial charge on any atom is -0.384 e. The molecule has 0 unspecified atom stereocenters. The van der Waals surface area contributed by atoms with E-state index in [1.54, 1.807) is 0 Å². The van der Waals surface area contributed by atoms with Crippen molar-refractivity contribution in [2.24, 2.45) is 0 Å². The van der Waals surface area contributed by atoms with Crippen LogP contribution in [0.1, 0.15) is 27.7 Å². The summed E-state index contributed by atoms with van der Waals surface area (Å²) in [7, 11) is 0. The zero-order chi connectivity index (χ0) is 15.2. The van der Waals surface area contributed by atoms with Crippen LogP contribution >= 0.6 is 11.3 Å². The van der Waals surface area contributed by atoms with E-state index in [9.17, 15) is 9.18 Å². The van der Waals surface area contributed by atoms with Crippen LogP contribution < -0.4 is 5.32 Å². The zero-order valence-electron chi connectivity index (χ0n) is 11.4. The second-order valence-corrected chi connectivity index (χ2v) is 5.15. The van der Waals surface area contributed by atoms with Crippen molar-refractivity contribution in [1.82, 2.24) is 0 Å². The van der Waals surface area contributed by atoms with Gasteiger partial charge in [0.05, 0.1) is 10.4 Å². The van der Waals surface area contributed by atoms with Gasteiger partial charge in [0.15, 0.2) is 0 Å². The van der Waals surface area contributed by atoms with E-state index in [0.717, 1.165) is 12.0 Å². The highest BCUT2D eigenvalue weighted by molar-refractivity contribution is 7.12. The van der Waals surface area contributed by atoms with Crippen LogP contribution in [0.3, 0.4) is 0 Å². The lowest BCUT2D eigenvalue weighted by molar-refractivity contribution is 0.103. The number of aliphatic hydroxyl groups is 1. The quantitative estimate of drug-likeness (QED) is 0.856. The fourth-order valence-corrected chi connectivity index (χ4v) is 2.72. The Morgan fingerprint density at radius 2 is 2.24 bits per heavy atom. The summed E-state index contributed by atoms with van der Waals surface area (Å²) in [4.78, 5) is 12.9. The van der Waals surface area contributed by atoms with Crippen LogP contribution in [-0.4, -0.2) is 17.6 Å². The molecule has 0 saturated carbocycles. The molecule has 5 heteroatoms. The fraction of sp³-hybridized carbons (Fsp3) is 0.188. The van der Waals surface area contributed by atoms with Gasteiger partial charge in [0.1, 0.15) is 12.4 Å². The van der Waals surface area contributed by atoms with Gasteiger partial charge >= 0.3 is 0 Å². The Balaban J connectivity index is 2.22. The van der Waals surface area contributed by atoms with Crippen molar-refractivity contribution in [1.29, 1.82) is 0 Å². The van der Waals surface area contributed by atoms with E-state index in [2.05, 4.69) is 17.2 Å². The van der Waals surface area contributed by atoms with Crippen molar-refractivity contribution in [2.75, 3.05) is 11.9 Å². The minimum atomic E-state index is -0.487. The van der Waals surface area contributed by atoms with Crippen LogP contribution in [0.2, 0.25) is 0 Å². The lowest BCUT2D eigenvalue weighted by atomic mass is 10.1. The maximum Gasteiger partial charge on any atom is 0.266 e. The Kier molecular flexibility index (Phi) is 5.09. The third-order valence-corrected chi connectivity index (χ3v) is 3.82. The van der Waals surface area contributed by atoms with Crippen LogP contribution in [0.25, 0.3) is 0 Å². The van der Waals surface area contributed by atoms with Crippen molar-refractivity contribution in [3.05, 3.63) is 51.5 Å². The van der Waals surface area contributed by atoms with Gasteiger partial charge in [-0.05, 0) is 41.6 Å². The number of rotatable bonds is 3. The molecule has 0 aliphatic rings. The molecule has 2 rings (SSSR count). The summed E-state index contributed by atoms with van der Waals surface area (Å²) in [5, 5.41) is 13.3. The second kappa shape index (κ2) is 7.02. The smallest absolute Gasteiger partial charge is 0.266 e. The molecule has 2 N–H and O–H groups in total. The van der Waals surface area contributed by atoms with Gasteiger partial charge in [-0.3, -0.25) is 4.79 Å². The Hall–Kier alpha value is -2.16. The molecule has 2 aromatic rings. The van der Waals surface area contributed by atoms with Gasteiger partial charge in [0.25, 0.3) is 5.91 Å². The summed E-state index contributed by atoms with van der Waals surface area (Å²) in [6, 6.07) is 6.10. The number of carbonyl (C=O) groups is 1. The van der Waals surface area contributed by atoms with E-state index in [1.807, 2.05) is 18.4 Å². The van der Waals surface area contributed by atoms with Crippen molar-refractivity contribution >= 4 is 22.9 Å². The molecular weight excluding hydrogens is 289 g/mol. The average Bonchev–Trinajstić information content (AvgIpc) is 2.96. The number of hydrogen-bond acceptors (Lipinski definition) is 3. The molecule has 0 saturated heterocycles. The average molecular weight is 303 g/mol. The molecule has 0 bridgehead atoms. The van der Waals surface area contributed by atoms with E-state index in [1.165, 1.54) is 29.5 Å². The SMILES string of the molecule is CCc1ccsc1C(=O)Nc1ccc(F)c(C#CCO)c1. The molecule has 0 aliphatic carbocycles. The minimum absolute atomic E-state index is 0.142. The Bertz CT molecular complexity index is 713. The van der Waals surface area contributed by atoms with E-state index in [4.69, 9.17) is 5.11 Å². The number of carbonyl (C=O) groups excluding carboxylic acids is 1. The van der Waals surface area contributed by atoms with E-state index < -0.39 is 5.82 Å². The van der Waals surface area contributed by atoms with Gasteiger partial charge in [-0.2, -0.15) is 0 Å². The molecule has 3 nitrogen and oxygen atoms in total. The number of nitrogens with one attached hydrogen (secondary N) is 1. The number of halogens is 1. The van der Waals surface area contributed by atoms with Crippen LogP contribution in [-0.2, 0) is 6.42 Å². The molecule has 1 aromatic carbocycles. The summed E-state index contributed by atoms with van der Waals surface area (Å²) < 4.78 is 13.5. The lowest BCUT2D eigenvalue weighted by Gasteiger charge is -2.06. The fourth-order valence-electron chi connectivity index (χ4n) is 1.83. The maximum atomic E-state index is 13.5. The molecule has 1 amide bonds. The Labute approximate surface area is 126 Å². The summed E-state index contributed by atoms with van der Waals surface area (Å²) in [5.41, 5.74) is 1.60. The van der Waals surface area contributed by atoms with Gasteiger partial charge < -0.3 is 10.4 Å². The topological polar surface area (TPSA) is 49.3 Å². The number of anilines is 1. The first-order chi connectivity index (χ1) is 10.2. The number of amides is 1. The summed E-state index contributed by atoms with van der Waals surface area (Å²) in [6.07, 6.45) is 0.781. The normalized spacial score (nSPS) is 9.86. The third kappa shape index (κ3) is 3.69. The largest absolute Gasteiger partial charge is 0.384 e. The zero-order valence-corrected chi connectivity index (χ0v) is 12.3. The van der Waals surface area contributed by atoms with Crippen LogP contribution in [0, 0.1) is 17.7 Å². The first-order valence-electron chi connectivity index (χ1n) is 6.42. The molecule has 0 radical (unpaired) electrons. The lowest BCUT2D eigenvalue weighted by Crippen LogP contribution is -2.12. The summed E-state index contributed by atoms with van der Waals surface area (Å²) in [5.74, 6) is 4.20. The number of benzene rings is 1. The molecule has 0 spiro atoms. The molecule has 108 valence electrons. The molecule has 1 aromatic heterocycles. The molecular formula is C16H14FNO2S. The van der Waals surface area contributed by atoms with E-state index in [-0.39, 0.29) is 18.1 Å². The second-order valence-electron chi connectivity index (χ2n) is 4.24. The highest BCUT2D eigenvalue weighted by atomic mass is 32.1. The predicted molar refractivity (Wildman–Crippen MR) is 82.0 cm³/mol. The highest BCUT2D eigenvalue weighted by Crippen LogP contribution is 2.20. The number of aliphatic hydroxyl groups excluding tert-OH is 1. The number of hydrogen-bond donors (Lipinski definition) is 2. The van der Waals surface area contributed by atoms with Gasteiger partial charge in [0.2, 0.25) is 0 Å². The number of aryl methyl sites for hydroxylation is 1. The van der Waals surface area contributed by atoms with Crippen LogP contribution in [0.4, 0.5) is 10.1 Å². The first-order valence-corrected chi connectivity index (χ1v) is 7.30. The highest BCUT2D eigenvalue weighted by Gasteiger charge is 2.12. The van der Waals surface area contributed by atoms with Gasteiger partial charge in [0, 0.05) is 5.69 Å². The van der Waals surface area contributed by atoms with Crippen LogP contribution in [0.15, 0.2) is 29.6 Å². The Morgan fingerprint density at radius 3 is 2.95 bits per heavy atom. The van der Waals surface area contributed by atoms with E-state index in [0.29, 0.717) is 10.6 Å². The summed E-state index contributed by atoms with van der Waals surface area (Å²) in [6.45, 7) is 1.64. The van der Waals surface area contributed by atoms with E-state index >= 15 is 0 Å². The predicted octanol–water partition coefficient (Wildman–Crippen LogP) is 3.05. The third-order valence-electron chi connectivity index (χ3n) is 2.86.